The van der Waals surface area contributed by atoms with E-state index in [1.54, 1.807) is 13.3 Å². The molecule has 0 aliphatic rings. The third-order valence-corrected chi connectivity index (χ3v) is 3.34. The number of fused-ring (bicyclic) bond motifs is 1. The summed E-state index contributed by atoms with van der Waals surface area (Å²) in [4.78, 5) is 6.43. The molecule has 1 heterocycles. The first-order chi connectivity index (χ1) is 8.63. The summed E-state index contributed by atoms with van der Waals surface area (Å²) in [6.45, 7) is 1.44. The molecule has 1 aromatic carbocycles. The van der Waals surface area contributed by atoms with E-state index in [1.807, 2.05) is 25.2 Å². The van der Waals surface area contributed by atoms with Crippen molar-refractivity contribution in [2.24, 2.45) is 0 Å². The molecule has 0 fully saturated rings. The molecule has 0 radical (unpaired) electrons. The van der Waals surface area contributed by atoms with Crippen LogP contribution in [0.4, 0.5) is 11.4 Å². The van der Waals surface area contributed by atoms with E-state index in [0.717, 1.165) is 27.6 Å². The van der Waals surface area contributed by atoms with E-state index < -0.39 is 0 Å². The van der Waals surface area contributed by atoms with Gasteiger partial charge < -0.3 is 15.4 Å². The molecule has 1 aromatic heterocycles. The second kappa shape index (κ2) is 5.54. The van der Waals surface area contributed by atoms with Crippen molar-refractivity contribution in [3.05, 3.63) is 28.9 Å². The molecule has 0 atom stereocenters. The van der Waals surface area contributed by atoms with Gasteiger partial charge in [0.1, 0.15) is 0 Å². The van der Waals surface area contributed by atoms with Gasteiger partial charge >= 0.3 is 0 Å². The van der Waals surface area contributed by atoms with E-state index in [2.05, 4.69) is 25.8 Å². The van der Waals surface area contributed by atoms with Crippen LogP contribution in [0, 0.1) is 0 Å². The molecular formula is C13H16BrN3O. The summed E-state index contributed by atoms with van der Waals surface area (Å²) < 4.78 is 6.12. The van der Waals surface area contributed by atoms with Gasteiger partial charge in [-0.15, -0.1) is 0 Å². The Bertz CT molecular complexity index is 554. The lowest BCUT2D eigenvalue weighted by Crippen LogP contribution is -2.23. The van der Waals surface area contributed by atoms with E-state index in [1.165, 1.54) is 0 Å². The fourth-order valence-corrected chi connectivity index (χ4v) is 2.29. The zero-order valence-electron chi connectivity index (χ0n) is 10.5. The molecule has 0 amide bonds. The summed E-state index contributed by atoms with van der Waals surface area (Å²) in [6, 6.07) is 5.99. The number of rotatable bonds is 4. The Morgan fingerprint density at radius 2 is 2.22 bits per heavy atom. The largest absolute Gasteiger partial charge is 0.396 e. The maximum absolute atomic E-state index is 6.05. The predicted molar refractivity (Wildman–Crippen MR) is 79.0 cm³/mol. The van der Waals surface area contributed by atoms with Gasteiger partial charge in [0, 0.05) is 30.6 Å². The number of aromatic nitrogens is 1. The Labute approximate surface area is 115 Å². The minimum absolute atomic E-state index is 0.660. The number of nitrogens with two attached hydrogens (primary N) is 1. The SMILES string of the molecule is COCCN(C)c1c(N)cnc2ccc(Br)cc12. The molecule has 0 bridgehead atoms. The van der Waals surface area contributed by atoms with Crippen LogP contribution in [0.2, 0.25) is 0 Å². The number of nitrogens with zero attached hydrogens (tertiary/aromatic N) is 2. The highest BCUT2D eigenvalue weighted by atomic mass is 79.9. The molecule has 0 saturated heterocycles. The molecule has 96 valence electrons. The summed E-state index contributed by atoms with van der Waals surface area (Å²) in [5, 5.41) is 1.04. The molecule has 4 nitrogen and oxygen atoms in total. The Morgan fingerprint density at radius 1 is 1.44 bits per heavy atom. The van der Waals surface area contributed by atoms with Crippen LogP contribution < -0.4 is 10.6 Å². The number of hydrogen-bond donors (Lipinski definition) is 1. The fourth-order valence-electron chi connectivity index (χ4n) is 1.93. The molecule has 2 rings (SSSR count). The molecular weight excluding hydrogens is 294 g/mol. The number of halogens is 1. The molecule has 0 saturated carbocycles. The smallest absolute Gasteiger partial charge is 0.0745 e. The van der Waals surface area contributed by atoms with Crippen LogP contribution in [0.25, 0.3) is 10.9 Å². The average Bonchev–Trinajstić information content (AvgIpc) is 2.35. The van der Waals surface area contributed by atoms with Crippen LogP contribution in [-0.2, 0) is 4.74 Å². The molecule has 0 unspecified atom stereocenters. The van der Waals surface area contributed by atoms with Crippen LogP contribution >= 0.6 is 15.9 Å². The Kier molecular flexibility index (Phi) is 4.04. The Balaban J connectivity index is 2.52. The highest BCUT2D eigenvalue weighted by molar-refractivity contribution is 9.10. The van der Waals surface area contributed by atoms with Gasteiger partial charge in [-0.25, -0.2) is 0 Å². The third-order valence-electron chi connectivity index (χ3n) is 2.84. The number of benzene rings is 1. The van der Waals surface area contributed by atoms with E-state index in [-0.39, 0.29) is 0 Å². The first kappa shape index (κ1) is 13.1. The normalized spacial score (nSPS) is 10.8. The maximum Gasteiger partial charge on any atom is 0.0745 e. The van der Waals surface area contributed by atoms with Crippen molar-refractivity contribution in [3.63, 3.8) is 0 Å². The lowest BCUT2D eigenvalue weighted by Gasteiger charge is -2.22. The number of methoxy groups -OCH3 is 1. The van der Waals surface area contributed by atoms with Crippen LogP contribution in [0.1, 0.15) is 0 Å². The van der Waals surface area contributed by atoms with Gasteiger partial charge in [-0.3, -0.25) is 4.98 Å². The van der Waals surface area contributed by atoms with E-state index in [0.29, 0.717) is 12.3 Å². The topological polar surface area (TPSA) is 51.4 Å². The molecule has 2 N–H and O–H groups in total. The summed E-state index contributed by atoms with van der Waals surface area (Å²) in [7, 11) is 3.70. The number of likely N-dealkylation sites (N-methyl/N-ethyl adjacent to an activating group) is 1. The van der Waals surface area contributed by atoms with Gasteiger partial charge in [-0.05, 0) is 18.2 Å². The Hall–Kier alpha value is -1.33. The average molecular weight is 310 g/mol. The van der Waals surface area contributed by atoms with E-state index in [4.69, 9.17) is 10.5 Å². The molecule has 2 aromatic rings. The lowest BCUT2D eigenvalue weighted by molar-refractivity contribution is 0.206. The van der Waals surface area contributed by atoms with E-state index >= 15 is 0 Å². The minimum Gasteiger partial charge on any atom is -0.396 e. The van der Waals surface area contributed by atoms with E-state index in [9.17, 15) is 0 Å². The van der Waals surface area contributed by atoms with Crippen LogP contribution in [0.5, 0.6) is 0 Å². The molecule has 5 heteroatoms. The molecule has 0 aliphatic carbocycles. The van der Waals surface area contributed by atoms with Gasteiger partial charge in [-0.2, -0.15) is 0 Å². The quantitative estimate of drug-likeness (QED) is 0.943. The van der Waals surface area contributed by atoms with Crippen molar-refractivity contribution in [1.29, 1.82) is 0 Å². The van der Waals surface area contributed by atoms with Crippen LogP contribution in [0.3, 0.4) is 0 Å². The predicted octanol–water partition coefficient (Wildman–Crippen LogP) is 2.66. The zero-order chi connectivity index (χ0) is 13.1. The Morgan fingerprint density at radius 3 is 2.94 bits per heavy atom. The number of nitrogen functional groups attached to an aromatic ring is 1. The van der Waals surface area contributed by atoms with Crippen molar-refractivity contribution in [3.8, 4) is 0 Å². The molecule has 0 aliphatic heterocycles. The van der Waals surface area contributed by atoms with Crippen LogP contribution in [0.15, 0.2) is 28.9 Å². The van der Waals surface area contributed by atoms with Crippen molar-refractivity contribution >= 4 is 38.2 Å². The third kappa shape index (κ3) is 2.57. The van der Waals surface area contributed by atoms with Gasteiger partial charge in [0.25, 0.3) is 0 Å². The van der Waals surface area contributed by atoms with Gasteiger partial charge in [0.2, 0.25) is 0 Å². The second-order valence-electron chi connectivity index (χ2n) is 4.14. The highest BCUT2D eigenvalue weighted by Gasteiger charge is 2.11. The standard InChI is InChI=1S/C13H16BrN3O/c1-17(5-6-18-2)13-10-7-9(14)3-4-12(10)16-8-11(13)15/h3-4,7-8H,5-6,15H2,1-2H3. The van der Waals surface area contributed by atoms with Crippen LogP contribution in [-0.4, -0.2) is 32.3 Å². The lowest BCUT2D eigenvalue weighted by atomic mass is 10.1. The number of ether oxygens (including phenoxy) is 1. The van der Waals surface area contributed by atoms with Gasteiger partial charge in [0.05, 0.1) is 29.7 Å². The number of hydrogen-bond acceptors (Lipinski definition) is 4. The summed E-state index contributed by atoms with van der Waals surface area (Å²) in [6.07, 6.45) is 1.70. The summed E-state index contributed by atoms with van der Waals surface area (Å²) in [5.74, 6) is 0. The van der Waals surface area contributed by atoms with Crippen molar-refractivity contribution in [2.45, 2.75) is 0 Å². The zero-order valence-corrected chi connectivity index (χ0v) is 12.1. The number of pyridine rings is 1. The summed E-state index contributed by atoms with van der Waals surface area (Å²) >= 11 is 3.48. The van der Waals surface area contributed by atoms with Gasteiger partial charge in [0.15, 0.2) is 0 Å². The van der Waals surface area contributed by atoms with Crippen molar-refractivity contribution in [2.75, 3.05) is 37.9 Å². The monoisotopic (exact) mass is 309 g/mol. The highest BCUT2D eigenvalue weighted by Crippen LogP contribution is 2.32. The van der Waals surface area contributed by atoms with Gasteiger partial charge in [-0.1, -0.05) is 15.9 Å². The molecule has 0 spiro atoms. The minimum atomic E-state index is 0.660. The fraction of sp³-hybridized carbons (Fsp3) is 0.308. The maximum atomic E-state index is 6.05. The van der Waals surface area contributed by atoms with Crippen molar-refractivity contribution < 1.29 is 4.74 Å². The molecule has 18 heavy (non-hydrogen) atoms. The van der Waals surface area contributed by atoms with Crippen molar-refractivity contribution in [1.82, 2.24) is 4.98 Å². The first-order valence-electron chi connectivity index (χ1n) is 5.67. The second-order valence-corrected chi connectivity index (χ2v) is 5.05. The number of anilines is 2. The first-order valence-corrected chi connectivity index (χ1v) is 6.46. The summed E-state index contributed by atoms with van der Waals surface area (Å²) in [5.41, 5.74) is 8.66.